The fourth-order valence-electron chi connectivity index (χ4n) is 8.74. The van der Waals surface area contributed by atoms with Crippen LogP contribution in [-0.2, 0) is 33.2 Å². The van der Waals surface area contributed by atoms with E-state index in [9.17, 15) is 30.3 Å². The van der Waals surface area contributed by atoms with Gasteiger partial charge in [0.1, 0.15) is 30.0 Å². The molecular formula is C38H72N2O12. The Hall–Kier alpha value is -1.01. The van der Waals surface area contributed by atoms with Crippen LogP contribution in [0, 0.1) is 17.8 Å². The Morgan fingerprint density at radius 1 is 0.942 bits per heavy atom. The Morgan fingerprint density at radius 2 is 1.56 bits per heavy atom. The van der Waals surface area contributed by atoms with Gasteiger partial charge in [-0.25, -0.2) is 0 Å². The molecule has 1 unspecified atom stereocenters. The number of likely N-dealkylation sites (N-methyl/N-ethyl adjacent to an activating group) is 2. The number of hydrogen-bond donors (Lipinski definition) is 5. The van der Waals surface area contributed by atoms with E-state index in [1.54, 1.807) is 41.5 Å². The molecule has 52 heavy (non-hydrogen) atoms. The number of hydrogen-bond acceptors (Lipinski definition) is 14. The van der Waals surface area contributed by atoms with Crippen LogP contribution in [0.2, 0.25) is 0 Å². The van der Waals surface area contributed by atoms with E-state index in [0.717, 1.165) is 0 Å². The summed E-state index contributed by atoms with van der Waals surface area (Å²) in [7, 11) is 7.12. The molecule has 0 bridgehead atoms. The van der Waals surface area contributed by atoms with Crippen LogP contribution < -0.4 is 0 Å². The maximum Gasteiger partial charge on any atom is 0.311 e. The Morgan fingerprint density at radius 3 is 2.12 bits per heavy atom. The average molecular weight is 749 g/mol. The van der Waals surface area contributed by atoms with Crippen molar-refractivity contribution in [1.29, 1.82) is 0 Å². The monoisotopic (exact) mass is 749 g/mol. The lowest BCUT2D eigenvalue weighted by Gasteiger charge is -2.48. The van der Waals surface area contributed by atoms with Crippen molar-refractivity contribution in [3.05, 3.63) is 0 Å². The number of cyclic esters (lactones) is 1. The summed E-state index contributed by atoms with van der Waals surface area (Å²) >= 11 is 0. The molecule has 3 aliphatic rings. The first-order valence-electron chi connectivity index (χ1n) is 19.1. The summed E-state index contributed by atoms with van der Waals surface area (Å²) in [5.74, 6) is -2.58. The summed E-state index contributed by atoms with van der Waals surface area (Å²) in [4.78, 5) is 18.0. The Bertz CT molecular complexity index is 1140. The summed E-state index contributed by atoms with van der Waals surface area (Å²) in [5, 5.41) is 58.1. The number of carbonyl (C=O) groups is 1. The predicted octanol–water partition coefficient (Wildman–Crippen LogP) is 1.90. The fraction of sp³-hybridized carbons (Fsp3) is 0.974. The van der Waals surface area contributed by atoms with E-state index in [1.807, 2.05) is 51.7 Å². The van der Waals surface area contributed by atoms with Crippen LogP contribution >= 0.6 is 0 Å². The number of carbonyl (C=O) groups excluding carboxylic acids is 1. The first-order chi connectivity index (χ1) is 23.9. The van der Waals surface area contributed by atoms with Gasteiger partial charge in [-0.3, -0.25) is 4.79 Å². The summed E-state index contributed by atoms with van der Waals surface area (Å²) in [6.45, 7) is 18.0. The molecule has 3 rings (SSSR count). The second kappa shape index (κ2) is 17.8. The van der Waals surface area contributed by atoms with Crippen molar-refractivity contribution in [2.75, 3.05) is 34.8 Å². The maximum atomic E-state index is 14.2. The Labute approximate surface area is 312 Å². The number of aliphatic hydroxyl groups is 5. The molecule has 3 heterocycles. The third-order valence-corrected chi connectivity index (χ3v) is 12.2. The van der Waals surface area contributed by atoms with Gasteiger partial charge >= 0.3 is 5.97 Å². The minimum atomic E-state index is -1.80. The van der Waals surface area contributed by atoms with E-state index in [-0.39, 0.29) is 37.3 Å². The zero-order valence-corrected chi connectivity index (χ0v) is 34.2. The maximum absolute atomic E-state index is 14.2. The molecule has 0 amide bonds. The molecule has 3 aliphatic heterocycles. The second-order valence-corrected chi connectivity index (χ2v) is 17.2. The van der Waals surface area contributed by atoms with Crippen LogP contribution in [0.4, 0.5) is 0 Å². The molecule has 3 saturated heterocycles. The SMILES string of the molecule is CC[C@H]1OC(=O)[C@H](C)[C@@H](O[C@H]2C[C@@](C)(OC)[C@@H](O)[C@H](C)O2)[C@H](C)[C@@H](O[C@@H]2O[C@H](C)C[C@H](N(C)C)[C@H]2O)[C@](C)(O)C[C@@H](C)CN(C)[C@H](C)C(O)[C@]1(C)O. The van der Waals surface area contributed by atoms with Crippen LogP contribution in [0.5, 0.6) is 0 Å². The van der Waals surface area contributed by atoms with Crippen molar-refractivity contribution in [3.8, 4) is 0 Å². The minimum Gasteiger partial charge on any atom is -0.459 e. The largest absolute Gasteiger partial charge is 0.459 e. The van der Waals surface area contributed by atoms with Gasteiger partial charge in [0.25, 0.3) is 0 Å². The average Bonchev–Trinajstić information content (AvgIpc) is 3.05. The molecule has 14 heteroatoms. The number of aliphatic hydroxyl groups excluding tert-OH is 3. The molecule has 0 aliphatic carbocycles. The lowest BCUT2D eigenvalue weighted by atomic mass is 9.77. The van der Waals surface area contributed by atoms with Crippen molar-refractivity contribution < 1.29 is 58.7 Å². The van der Waals surface area contributed by atoms with Gasteiger partial charge in [0.2, 0.25) is 0 Å². The lowest BCUT2D eigenvalue weighted by Crippen LogP contribution is -2.60. The van der Waals surface area contributed by atoms with E-state index in [4.69, 9.17) is 28.4 Å². The van der Waals surface area contributed by atoms with Gasteiger partial charge in [0.15, 0.2) is 12.6 Å². The van der Waals surface area contributed by atoms with Crippen molar-refractivity contribution in [1.82, 2.24) is 9.80 Å². The van der Waals surface area contributed by atoms with Gasteiger partial charge in [0.05, 0.1) is 41.5 Å². The van der Waals surface area contributed by atoms with Crippen LogP contribution in [0.15, 0.2) is 0 Å². The van der Waals surface area contributed by atoms with Crippen LogP contribution in [0.1, 0.15) is 94.9 Å². The molecule has 18 atom stereocenters. The molecule has 0 radical (unpaired) electrons. The predicted molar refractivity (Wildman–Crippen MR) is 194 cm³/mol. The molecule has 14 nitrogen and oxygen atoms in total. The Balaban J connectivity index is 2.17. The third kappa shape index (κ3) is 10.0. The second-order valence-electron chi connectivity index (χ2n) is 17.2. The molecule has 0 saturated carbocycles. The molecule has 0 aromatic heterocycles. The topological polar surface area (TPSA) is 180 Å². The summed E-state index contributed by atoms with van der Waals surface area (Å²) in [6, 6.07) is -0.808. The Kier molecular flexibility index (Phi) is 15.6. The highest BCUT2D eigenvalue weighted by Gasteiger charge is 2.52. The quantitative estimate of drug-likeness (QED) is 0.238. The number of rotatable bonds is 7. The first kappa shape index (κ1) is 45.4. The van der Waals surface area contributed by atoms with E-state index in [1.165, 1.54) is 14.0 Å². The summed E-state index contributed by atoms with van der Waals surface area (Å²) in [5.41, 5.74) is -4.37. The minimum absolute atomic E-state index is 0.133. The molecule has 0 aromatic carbocycles. The first-order valence-corrected chi connectivity index (χ1v) is 19.1. The number of ether oxygens (including phenoxy) is 6. The number of methoxy groups -OCH3 is 1. The molecule has 3 fully saturated rings. The molecular weight excluding hydrogens is 676 g/mol. The van der Waals surface area contributed by atoms with Crippen molar-refractivity contribution >= 4 is 5.97 Å². The van der Waals surface area contributed by atoms with E-state index >= 15 is 0 Å². The van der Waals surface area contributed by atoms with E-state index < -0.39 is 96.0 Å². The van der Waals surface area contributed by atoms with Gasteiger partial charge in [-0.2, -0.15) is 0 Å². The van der Waals surface area contributed by atoms with Crippen LogP contribution in [-0.4, -0.2) is 166 Å². The van der Waals surface area contributed by atoms with E-state index in [0.29, 0.717) is 13.0 Å². The highest BCUT2D eigenvalue weighted by molar-refractivity contribution is 5.73. The third-order valence-electron chi connectivity index (χ3n) is 12.2. The van der Waals surface area contributed by atoms with Crippen molar-refractivity contribution in [3.63, 3.8) is 0 Å². The zero-order chi connectivity index (χ0) is 39.7. The molecule has 5 N–H and O–H groups in total. The standard InChI is InChI=1S/C38H72N2O12/c1-15-27-38(10,46)31(42)24(6)40(13)19-20(2)17-36(8,45)33(52-35-29(41)26(39(11)12)16-21(3)48-35)22(4)30(23(5)34(44)50-27)51-28-18-37(9,47-14)32(43)25(7)49-28/h20-33,35,41-43,45-46H,15-19H2,1-14H3/t20-,21-,22+,23-,24-,25+,26+,27-,28+,29-,30+,31?,32+,33-,35+,36-,37-,38-/m1/s1. The normalized spacial score (nSPS) is 49.6. The van der Waals surface area contributed by atoms with Crippen molar-refractivity contribution in [2.24, 2.45) is 17.8 Å². The van der Waals surface area contributed by atoms with Crippen LogP contribution in [0.25, 0.3) is 0 Å². The molecule has 306 valence electrons. The summed E-state index contributed by atoms with van der Waals surface area (Å²) in [6.07, 6.45) is -8.19. The zero-order valence-electron chi connectivity index (χ0n) is 34.2. The smallest absolute Gasteiger partial charge is 0.311 e. The van der Waals surface area contributed by atoms with Gasteiger partial charge in [0, 0.05) is 38.1 Å². The fourth-order valence-corrected chi connectivity index (χ4v) is 8.74. The van der Waals surface area contributed by atoms with Crippen LogP contribution in [0.3, 0.4) is 0 Å². The van der Waals surface area contributed by atoms with Gasteiger partial charge in [-0.05, 0) is 94.8 Å². The molecule has 0 spiro atoms. The highest BCUT2D eigenvalue weighted by Crippen LogP contribution is 2.40. The lowest BCUT2D eigenvalue weighted by molar-refractivity contribution is -0.318. The van der Waals surface area contributed by atoms with Gasteiger partial charge < -0.3 is 63.8 Å². The number of esters is 1. The molecule has 0 aromatic rings. The van der Waals surface area contributed by atoms with Gasteiger partial charge in [-0.15, -0.1) is 0 Å². The highest BCUT2D eigenvalue weighted by atomic mass is 16.7. The van der Waals surface area contributed by atoms with Gasteiger partial charge in [-0.1, -0.05) is 20.8 Å². The van der Waals surface area contributed by atoms with Crippen molar-refractivity contribution in [2.45, 2.75) is 185 Å². The number of nitrogens with zero attached hydrogens (tertiary/aromatic N) is 2. The van der Waals surface area contributed by atoms with E-state index in [2.05, 4.69) is 0 Å². The summed E-state index contributed by atoms with van der Waals surface area (Å²) < 4.78 is 37.5.